The van der Waals surface area contributed by atoms with E-state index in [0.717, 1.165) is 0 Å². The van der Waals surface area contributed by atoms with E-state index in [1.807, 2.05) is 6.92 Å². The third-order valence-electron chi connectivity index (χ3n) is 1.32. The van der Waals surface area contributed by atoms with Crippen molar-refractivity contribution in [1.29, 1.82) is 0 Å². The average molecular weight is 180 g/mol. The standard InChI is InChI=1S/C6H12O2S2/c1-4(6(9)10)2-3-5(7)8/h4,6,9-10H,2-3H2,1H3,(H,7,8)/t4-/m1/s1. The van der Waals surface area contributed by atoms with Crippen LogP contribution in [0.25, 0.3) is 0 Å². The molecule has 0 aliphatic heterocycles. The van der Waals surface area contributed by atoms with Crippen molar-refractivity contribution in [1.82, 2.24) is 0 Å². The minimum Gasteiger partial charge on any atom is -0.481 e. The van der Waals surface area contributed by atoms with Crippen LogP contribution in [0, 0.1) is 5.92 Å². The van der Waals surface area contributed by atoms with Gasteiger partial charge in [-0.2, -0.15) is 25.3 Å². The van der Waals surface area contributed by atoms with Crippen LogP contribution in [0.15, 0.2) is 0 Å². The van der Waals surface area contributed by atoms with Crippen molar-refractivity contribution >= 4 is 31.2 Å². The number of hydrogen-bond acceptors (Lipinski definition) is 3. The molecular formula is C6H12O2S2. The van der Waals surface area contributed by atoms with Crippen LogP contribution in [0.1, 0.15) is 19.8 Å². The van der Waals surface area contributed by atoms with E-state index in [1.165, 1.54) is 0 Å². The van der Waals surface area contributed by atoms with Crippen LogP contribution in [-0.4, -0.2) is 15.7 Å². The number of hydrogen-bond donors (Lipinski definition) is 3. The first kappa shape index (κ1) is 10.2. The van der Waals surface area contributed by atoms with Gasteiger partial charge in [-0.05, 0) is 12.3 Å². The summed E-state index contributed by atoms with van der Waals surface area (Å²) in [5.74, 6) is -0.503. The molecule has 0 radical (unpaired) electrons. The van der Waals surface area contributed by atoms with Crippen LogP contribution in [-0.2, 0) is 4.79 Å². The largest absolute Gasteiger partial charge is 0.481 e. The molecule has 0 heterocycles. The lowest BCUT2D eigenvalue weighted by Gasteiger charge is -2.11. The maximum Gasteiger partial charge on any atom is 0.303 e. The molecule has 0 bridgehead atoms. The van der Waals surface area contributed by atoms with E-state index in [4.69, 9.17) is 5.11 Å². The summed E-state index contributed by atoms with van der Waals surface area (Å²) >= 11 is 8.13. The zero-order valence-electron chi connectivity index (χ0n) is 5.82. The third-order valence-corrected chi connectivity index (χ3v) is 2.34. The molecule has 10 heavy (non-hydrogen) atoms. The van der Waals surface area contributed by atoms with Crippen molar-refractivity contribution in [3.05, 3.63) is 0 Å². The first-order valence-electron chi connectivity index (χ1n) is 3.12. The fourth-order valence-electron chi connectivity index (χ4n) is 0.500. The molecule has 0 aromatic carbocycles. The normalized spacial score (nSPS) is 13.6. The number of thiol groups is 2. The van der Waals surface area contributed by atoms with E-state index >= 15 is 0 Å². The molecule has 0 saturated carbocycles. The van der Waals surface area contributed by atoms with Crippen LogP contribution in [0.2, 0.25) is 0 Å². The smallest absolute Gasteiger partial charge is 0.303 e. The van der Waals surface area contributed by atoms with E-state index in [2.05, 4.69) is 25.3 Å². The molecule has 60 valence electrons. The maximum atomic E-state index is 10.1. The molecule has 0 unspecified atom stereocenters. The van der Waals surface area contributed by atoms with Crippen LogP contribution >= 0.6 is 25.3 Å². The van der Waals surface area contributed by atoms with Gasteiger partial charge in [0.1, 0.15) is 0 Å². The van der Waals surface area contributed by atoms with E-state index < -0.39 is 5.97 Å². The van der Waals surface area contributed by atoms with Gasteiger partial charge in [-0.3, -0.25) is 4.79 Å². The second-order valence-corrected chi connectivity index (χ2v) is 3.84. The molecule has 2 nitrogen and oxygen atoms in total. The summed E-state index contributed by atoms with van der Waals surface area (Å²) in [5, 5.41) is 8.29. The van der Waals surface area contributed by atoms with Gasteiger partial charge in [-0.1, -0.05) is 6.92 Å². The summed E-state index contributed by atoms with van der Waals surface area (Å²) in [5.41, 5.74) is 0. The summed E-state index contributed by atoms with van der Waals surface area (Å²) in [6.07, 6.45) is 0.853. The molecular weight excluding hydrogens is 168 g/mol. The lowest BCUT2D eigenvalue weighted by molar-refractivity contribution is -0.137. The van der Waals surface area contributed by atoms with Crippen molar-refractivity contribution in [2.24, 2.45) is 5.92 Å². The van der Waals surface area contributed by atoms with Crippen molar-refractivity contribution in [3.63, 3.8) is 0 Å². The van der Waals surface area contributed by atoms with Gasteiger partial charge in [0.25, 0.3) is 0 Å². The molecule has 0 spiro atoms. The van der Waals surface area contributed by atoms with Gasteiger partial charge in [0.15, 0.2) is 0 Å². The van der Waals surface area contributed by atoms with E-state index in [9.17, 15) is 4.79 Å². The highest BCUT2D eigenvalue weighted by atomic mass is 32.2. The molecule has 0 saturated heterocycles. The summed E-state index contributed by atoms with van der Waals surface area (Å²) in [7, 11) is 0. The van der Waals surface area contributed by atoms with Crippen molar-refractivity contribution in [2.45, 2.75) is 24.3 Å². The lowest BCUT2D eigenvalue weighted by Crippen LogP contribution is -2.07. The first-order valence-corrected chi connectivity index (χ1v) is 4.15. The van der Waals surface area contributed by atoms with Crippen molar-refractivity contribution in [2.75, 3.05) is 0 Å². The minimum absolute atomic E-state index is 0.0145. The Morgan fingerprint density at radius 2 is 2.10 bits per heavy atom. The highest BCUT2D eigenvalue weighted by Gasteiger charge is 2.09. The number of aliphatic carboxylic acids is 1. The van der Waals surface area contributed by atoms with E-state index in [0.29, 0.717) is 6.42 Å². The summed E-state index contributed by atoms with van der Waals surface area (Å²) in [4.78, 5) is 10.1. The fourth-order valence-corrected chi connectivity index (χ4v) is 0.798. The molecule has 0 rings (SSSR count). The predicted octanol–water partition coefficient (Wildman–Crippen LogP) is 1.67. The van der Waals surface area contributed by atoms with Gasteiger partial charge in [0, 0.05) is 11.0 Å². The van der Waals surface area contributed by atoms with Crippen LogP contribution in [0.3, 0.4) is 0 Å². The van der Waals surface area contributed by atoms with Crippen LogP contribution in [0.4, 0.5) is 0 Å². The second kappa shape index (κ2) is 4.91. The van der Waals surface area contributed by atoms with Crippen LogP contribution < -0.4 is 0 Å². The maximum absolute atomic E-state index is 10.1. The molecule has 0 aliphatic rings. The fraction of sp³-hybridized carbons (Fsp3) is 0.833. The predicted molar refractivity (Wildman–Crippen MR) is 47.8 cm³/mol. The number of rotatable bonds is 4. The Labute approximate surface area is 71.8 Å². The average Bonchev–Trinajstić information content (AvgIpc) is 1.82. The summed E-state index contributed by atoms with van der Waals surface area (Å²) in [6.45, 7) is 1.94. The summed E-state index contributed by atoms with van der Waals surface area (Å²) < 4.78 is -0.0145. The van der Waals surface area contributed by atoms with Gasteiger partial charge < -0.3 is 5.11 Å². The SMILES string of the molecule is C[C@H](CCC(=O)O)C(S)S. The molecule has 0 aromatic heterocycles. The molecule has 0 amide bonds. The molecule has 0 aliphatic carbocycles. The lowest BCUT2D eigenvalue weighted by atomic mass is 10.1. The zero-order chi connectivity index (χ0) is 8.15. The monoisotopic (exact) mass is 180 g/mol. The topological polar surface area (TPSA) is 37.3 Å². The third kappa shape index (κ3) is 4.99. The quantitative estimate of drug-likeness (QED) is 0.455. The number of carbonyl (C=O) groups is 1. The van der Waals surface area contributed by atoms with Gasteiger partial charge in [-0.15, -0.1) is 0 Å². The van der Waals surface area contributed by atoms with Gasteiger partial charge in [-0.25, -0.2) is 0 Å². The minimum atomic E-state index is -0.755. The van der Waals surface area contributed by atoms with Gasteiger partial charge in [0.2, 0.25) is 0 Å². The van der Waals surface area contributed by atoms with Gasteiger partial charge >= 0.3 is 5.97 Å². The number of carboxylic acids is 1. The Hall–Kier alpha value is 0.170. The number of carboxylic acid groups (broad SMARTS) is 1. The van der Waals surface area contributed by atoms with Gasteiger partial charge in [0.05, 0.1) is 0 Å². The highest BCUT2D eigenvalue weighted by molar-refractivity contribution is 7.99. The Kier molecular flexibility index (Phi) is 4.99. The summed E-state index contributed by atoms with van der Waals surface area (Å²) in [6, 6.07) is 0. The Balaban J connectivity index is 3.39. The Morgan fingerprint density at radius 3 is 2.40 bits per heavy atom. The zero-order valence-corrected chi connectivity index (χ0v) is 7.61. The molecule has 1 N–H and O–H groups in total. The second-order valence-electron chi connectivity index (χ2n) is 2.32. The highest BCUT2D eigenvalue weighted by Crippen LogP contribution is 2.18. The molecule has 1 atom stereocenters. The Morgan fingerprint density at radius 1 is 1.60 bits per heavy atom. The Bertz CT molecular complexity index is 114. The van der Waals surface area contributed by atoms with E-state index in [1.54, 1.807) is 0 Å². The molecule has 0 fully saturated rings. The van der Waals surface area contributed by atoms with Crippen LogP contribution in [0.5, 0.6) is 0 Å². The molecule has 4 heteroatoms. The first-order chi connectivity index (χ1) is 4.54. The van der Waals surface area contributed by atoms with E-state index in [-0.39, 0.29) is 16.9 Å². The van der Waals surface area contributed by atoms with Crippen molar-refractivity contribution < 1.29 is 9.90 Å². The molecule has 0 aromatic rings. The van der Waals surface area contributed by atoms with Crippen molar-refractivity contribution in [3.8, 4) is 0 Å².